The summed E-state index contributed by atoms with van der Waals surface area (Å²) in [5, 5.41) is 2.51. The molecule has 0 heterocycles. The second kappa shape index (κ2) is 9.95. The third-order valence-electron chi connectivity index (χ3n) is 4.21. The van der Waals surface area contributed by atoms with E-state index in [1.165, 1.54) is 28.2 Å². The maximum atomic E-state index is 12.5. The minimum atomic E-state index is -3.50. The SMILES string of the molecule is CCN(CC)S(=O)(=O)c1ccc(NC(=O)[C@H](C)Sc2ccc(OC)cc2)cc1. The van der Waals surface area contributed by atoms with Crippen molar-refractivity contribution in [2.45, 2.75) is 35.8 Å². The molecule has 0 aliphatic heterocycles. The zero-order chi connectivity index (χ0) is 20.7. The average Bonchev–Trinajstić information content (AvgIpc) is 2.69. The van der Waals surface area contributed by atoms with E-state index in [1.54, 1.807) is 33.1 Å². The number of sulfonamides is 1. The van der Waals surface area contributed by atoms with Gasteiger partial charge in [-0.2, -0.15) is 4.31 Å². The molecule has 0 bridgehead atoms. The average molecular weight is 423 g/mol. The van der Waals surface area contributed by atoms with Crippen molar-refractivity contribution in [2.75, 3.05) is 25.5 Å². The molecule has 0 unspecified atom stereocenters. The molecular weight excluding hydrogens is 396 g/mol. The van der Waals surface area contributed by atoms with Gasteiger partial charge in [-0.05, 0) is 55.5 Å². The number of nitrogens with one attached hydrogen (secondary N) is 1. The molecule has 0 fully saturated rings. The number of amides is 1. The van der Waals surface area contributed by atoms with Gasteiger partial charge in [0, 0.05) is 23.7 Å². The molecule has 0 saturated heterocycles. The van der Waals surface area contributed by atoms with E-state index < -0.39 is 10.0 Å². The van der Waals surface area contributed by atoms with Gasteiger partial charge in [0.05, 0.1) is 17.3 Å². The number of nitrogens with zero attached hydrogens (tertiary/aromatic N) is 1. The Bertz CT molecular complexity index is 877. The number of hydrogen-bond donors (Lipinski definition) is 1. The lowest BCUT2D eigenvalue weighted by atomic mass is 10.3. The standard InChI is InChI=1S/C20H26N2O4S2/c1-5-22(6-2)28(24,25)19-13-7-16(8-14-19)21-20(23)15(3)27-18-11-9-17(26-4)10-12-18/h7-15H,5-6H2,1-4H3,(H,21,23)/t15-/m0/s1. The van der Waals surface area contributed by atoms with Gasteiger partial charge in [0.25, 0.3) is 0 Å². The molecule has 0 aromatic heterocycles. The van der Waals surface area contributed by atoms with Crippen LogP contribution in [0.4, 0.5) is 5.69 Å². The Hall–Kier alpha value is -2.03. The molecule has 0 radical (unpaired) electrons. The van der Waals surface area contributed by atoms with Crippen molar-refractivity contribution in [1.82, 2.24) is 4.31 Å². The number of benzene rings is 2. The zero-order valence-electron chi connectivity index (χ0n) is 16.5. The summed E-state index contributed by atoms with van der Waals surface area (Å²) in [5.74, 6) is 0.612. The molecule has 1 amide bonds. The van der Waals surface area contributed by atoms with E-state index in [4.69, 9.17) is 4.74 Å². The molecule has 0 spiro atoms. The Kier molecular flexibility index (Phi) is 7.91. The number of carbonyl (C=O) groups excluding carboxylic acids is 1. The fourth-order valence-corrected chi connectivity index (χ4v) is 4.90. The van der Waals surface area contributed by atoms with Gasteiger partial charge in [-0.1, -0.05) is 13.8 Å². The predicted molar refractivity (Wildman–Crippen MR) is 113 cm³/mol. The molecule has 6 nitrogen and oxygen atoms in total. The molecule has 0 saturated carbocycles. The highest BCUT2D eigenvalue weighted by atomic mass is 32.2. The number of anilines is 1. The summed E-state index contributed by atoms with van der Waals surface area (Å²) in [6, 6.07) is 13.8. The lowest BCUT2D eigenvalue weighted by Gasteiger charge is -2.18. The fourth-order valence-electron chi connectivity index (χ4n) is 2.58. The smallest absolute Gasteiger partial charge is 0.243 e. The topological polar surface area (TPSA) is 75.7 Å². The second-order valence-corrected chi connectivity index (χ2v) is 9.39. The maximum absolute atomic E-state index is 12.5. The van der Waals surface area contributed by atoms with Gasteiger partial charge in [0.2, 0.25) is 15.9 Å². The lowest BCUT2D eigenvalue weighted by molar-refractivity contribution is -0.115. The Balaban J connectivity index is 2.01. The summed E-state index contributed by atoms with van der Waals surface area (Å²) >= 11 is 1.44. The van der Waals surface area contributed by atoms with Crippen molar-refractivity contribution in [1.29, 1.82) is 0 Å². The molecule has 2 rings (SSSR count). The summed E-state index contributed by atoms with van der Waals surface area (Å²) in [7, 11) is -1.90. The van der Waals surface area contributed by atoms with Crippen molar-refractivity contribution in [3.63, 3.8) is 0 Å². The third-order valence-corrected chi connectivity index (χ3v) is 7.38. The van der Waals surface area contributed by atoms with Crippen LogP contribution in [0.2, 0.25) is 0 Å². The number of hydrogen-bond acceptors (Lipinski definition) is 5. The van der Waals surface area contributed by atoms with Crippen LogP contribution in [0.15, 0.2) is 58.3 Å². The summed E-state index contributed by atoms with van der Waals surface area (Å²) in [4.78, 5) is 13.6. The highest BCUT2D eigenvalue weighted by Gasteiger charge is 2.21. The molecular formula is C20H26N2O4S2. The minimum absolute atomic E-state index is 0.153. The van der Waals surface area contributed by atoms with Crippen LogP contribution in [0.5, 0.6) is 5.75 Å². The normalized spacial score (nSPS) is 12.6. The van der Waals surface area contributed by atoms with E-state index in [9.17, 15) is 13.2 Å². The fraction of sp³-hybridized carbons (Fsp3) is 0.350. The van der Waals surface area contributed by atoms with E-state index in [1.807, 2.05) is 31.2 Å². The molecule has 2 aromatic carbocycles. The van der Waals surface area contributed by atoms with Crippen molar-refractivity contribution in [3.05, 3.63) is 48.5 Å². The van der Waals surface area contributed by atoms with Crippen LogP contribution >= 0.6 is 11.8 Å². The van der Waals surface area contributed by atoms with Crippen LogP contribution in [0.1, 0.15) is 20.8 Å². The first-order valence-electron chi connectivity index (χ1n) is 9.03. The summed E-state index contributed by atoms with van der Waals surface area (Å²) in [6.45, 7) is 6.26. The number of methoxy groups -OCH3 is 1. The molecule has 28 heavy (non-hydrogen) atoms. The first-order chi connectivity index (χ1) is 13.3. The maximum Gasteiger partial charge on any atom is 0.243 e. The highest BCUT2D eigenvalue weighted by Crippen LogP contribution is 2.26. The van der Waals surface area contributed by atoms with Crippen molar-refractivity contribution < 1.29 is 17.9 Å². The Morgan fingerprint density at radius 2 is 1.64 bits per heavy atom. The van der Waals surface area contributed by atoms with Crippen molar-refractivity contribution >= 4 is 33.4 Å². The van der Waals surface area contributed by atoms with Crippen LogP contribution in [-0.4, -0.2) is 44.1 Å². The molecule has 0 aliphatic rings. The van der Waals surface area contributed by atoms with E-state index in [-0.39, 0.29) is 16.1 Å². The number of ether oxygens (including phenoxy) is 1. The molecule has 1 atom stereocenters. The Labute approximate surface area is 171 Å². The molecule has 152 valence electrons. The predicted octanol–water partition coefficient (Wildman–Crippen LogP) is 3.85. The third kappa shape index (κ3) is 5.50. The largest absolute Gasteiger partial charge is 0.497 e. The summed E-state index contributed by atoms with van der Waals surface area (Å²) < 4.78 is 31.5. The molecule has 8 heteroatoms. The highest BCUT2D eigenvalue weighted by molar-refractivity contribution is 8.00. The summed E-state index contributed by atoms with van der Waals surface area (Å²) in [6.07, 6.45) is 0. The summed E-state index contributed by atoms with van der Waals surface area (Å²) in [5.41, 5.74) is 0.561. The first kappa shape index (κ1) is 22.3. The van der Waals surface area contributed by atoms with Gasteiger partial charge in [0.1, 0.15) is 5.75 Å². The van der Waals surface area contributed by atoms with Crippen LogP contribution in [0, 0.1) is 0 Å². The minimum Gasteiger partial charge on any atom is -0.497 e. The quantitative estimate of drug-likeness (QED) is 0.621. The Morgan fingerprint density at radius 1 is 1.07 bits per heavy atom. The van der Waals surface area contributed by atoms with E-state index in [2.05, 4.69) is 5.32 Å². The number of rotatable bonds is 9. The van der Waals surface area contributed by atoms with Crippen LogP contribution in [-0.2, 0) is 14.8 Å². The molecule has 0 aliphatic carbocycles. The Morgan fingerprint density at radius 3 is 2.14 bits per heavy atom. The van der Waals surface area contributed by atoms with Gasteiger partial charge in [0.15, 0.2) is 0 Å². The van der Waals surface area contributed by atoms with Crippen molar-refractivity contribution in [2.24, 2.45) is 0 Å². The van der Waals surface area contributed by atoms with Gasteiger partial charge < -0.3 is 10.1 Å². The van der Waals surface area contributed by atoms with Crippen molar-refractivity contribution in [3.8, 4) is 5.75 Å². The van der Waals surface area contributed by atoms with Crippen LogP contribution < -0.4 is 10.1 Å². The van der Waals surface area contributed by atoms with Gasteiger partial charge >= 0.3 is 0 Å². The number of thioether (sulfide) groups is 1. The van der Waals surface area contributed by atoms with Crippen LogP contribution in [0.25, 0.3) is 0 Å². The van der Waals surface area contributed by atoms with E-state index >= 15 is 0 Å². The molecule has 1 N–H and O–H groups in total. The lowest BCUT2D eigenvalue weighted by Crippen LogP contribution is -2.30. The second-order valence-electron chi connectivity index (χ2n) is 6.04. The molecule has 2 aromatic rings. The monoisotopic (exact) mass is 422 g/mol. The first-order valence-corrected chi connectivity index (χ1v) is 11.4. The van der Waals surface area contributed by atoms with Gasteiger partial charge in [-0.3, -0.25) is 4.79 Å². The van der Waals surface area contributed by atoms with Crippen LogP contribution in [0.3, 0.4) is 0 Å². The number of carbonyl (C=O) groups is 1. The van der Waals surface area contributed by atoms with Gasteiger partial charge in [-0.15, -0.1) is 11.8 Å². The van der Waals surface area contributed by atoms with E-state index in [0.29, 0.717) is 18.8 Å². The zero-order valence-corrected chi connectivity index (χ0v) is 18.1. The van der Waals surface area contributed by atoms with E-state index in [0.717, 1.165) is 10.6 Å². The van der Waals surface area contributed by atoms with Gasteiger partial charge in [-0.25, -0.2) is 8.42 Å².